The van der Waals surface area contributed by atoms with Crippen molar-refractivity contribution in [3.8, 4) is 5.69 Å². The van der Waals surface area contributed by atoms with Gasteiger partial charge in [-0.2, -0.15) is 5.10 Å². The lowest BCUT2D eigenvalue weighted by Gasteiger charge is -2.31. The average Bonchev–Trinajstić information content (AvgIpc) is 2.99. The van der Waals surface area contributed by atoms with E-state index >= 15 is 0 Å². The molecule has 1 aliphatic rings. The Balaban J connectivity index is 0.00000208. The van der Waals surface area contributed by atoms with E-state index in [1.807, 2.05) is 36.0 Å². The summed E-state index contributed by atoms with van der Waals surface area (Å²) < 4.78 is 1.90. The number of rotatable bonds is 3. The van der Waals surface area contributed by atoms with Gasteiger partial charge in [0.15, 0.2) is 5.96 Å². The lowest BCUT2D eigenvalue weighted by atomic mass is 10.0. The van der Waals surface area contributed by atoms with Crippen molar-refractivity contribution in [2.75, 3.05) is 13.1 Å². The van der Waals surface area contributed by atoms with E-state index in [0.717, 1.165) is 30.0 Å². The second-order valence-corrected chi connectivity index (χ2v) is 6.40. The van der Waals surface area contributed by atoms with E-state index in [1.165, 1.54) is 12.8 Å². The number of aryl methyl sites for hydroxylation is 1. The van der Waals surface area contributed by atoms with Crippen molar-refractivity contribution in [1.82, 2.24) is 14.7 Å². The first kappa shape index (κ1) is 18.8. The van der Waals surface area contributed by atoms with Gasteiger partial charge in [-0.1, -0.05) is 25.1 Å². The van der Waals surface area contributed by atoms with E-state index in [-0.39, 0.29) is 24.0 Å². The van der Waals surface area contributed by atoms with Gasteiger partial charge >= 0.3 is 0 Å². The van der Waals surface area contributed by atoms with Crippen molar-refractivity contribution < 1.29 is 0 Å². The van der Waals surface area contributed by atoms with Gasteiger partial charge in [0.1, 0.15) is 0 Å². The van der Waals surface area contributed by atoms with Crippen LogP contribution in [0.1, 0.15) is 31.0 Å². The molecule has 0 aliphatic carbocycles. The fraction of sp³-hybridized carbons (Fsp3) is 0.444. The predicted molar refractivity (Wildman–Crippen MR) is 109 cm³/mol. The number of nitrogens with two attached hydrogens (primary N) is 1. The summed E-state index contributed by atoms with van der Waals surface area (Å²) in [6, 6.07) is 10.2. The summed E-state index contributed by atoms with van der Waals surface area (Å²) in [6.07, 6.45) is 4.46. The molecule has 0 saturated carbocycles. The van der Waals surface area contributed by atoms with Crippen LogP contribution >= 0.6 is 24.0 Å². The maximum Gasteiger partial charge on any atom is 0.191 e. The Bertz CT molecular complexity index is 694. The third-order valence-electron chi connectivity index (χ3n) is 4.35. The summed E-state index contributed by atoms with van der Waals surface area (Å²) in [7, 11) is 0. The molecular formula is C18H26IN5. The number of benzene rings is 1. The zero-order valence-electron chi connectivity index (χ0n) is 14.4. The summed E-state index contributed by atoms with van der Waals surface area (Å²) in [5, 5.41) is 4.50. The second kappa shape index (κ2) is 8.50. The number of guanidine groups is 1. The number of likely N-dealkylation sites (tertiary alicyclic amines) is 1. The largest absolute Gasteiger partial charge is 0.370 e. The molecule has 2 aromatic rings. The Kier molecular flexibility index (Phi) is 6.65. The highest BCUT2D eigenvalue weighted by Crippen LogP contribution is 2.17. The minimum absolute atomic E-state index is 0. The van der Waals surface area contributed by atoms with E-state index in [2.05, 4.69) is 34.0 Å². The molecular weight excluding hydrogens is 413 g/mol. The standard InChI is InChI=1S/C18H25N5.HI/c1-14-6-5-10-22(13-14)18(19)20-12-16-7-3-4-8-17(16)23-11-9-15(2)21-23;/h3-4,7-9,11,14H,5-6,10,12-13H2,1-2H3,(H2,19,20);1H. The molecule has 6 heteroatoms. The van der Waals surface area contributed by atoms with Gasteiger partial charge in [0, 0.05) is 19.3 Å². The second-order valence-electron chi connectivity index (χ2n) is 6.40. The first-order chi connectivity index (χ1) is 11.1. The van der Waals surface area contributed by atoms with Crippen molar-refractivity contribution in [1.29, 1.82) is 0 Å². The number of hydrogen-bond acceptors (Lipinski definition) is 2. The van der Waals surface area contributed by atoms with Crippen LogP contribution < -0.4 is 5.73 Å². The summed E-state index contributed by atoms with van der Waals surface area (Å²) in [6.45, 7) is 6.86. The monoisotopic (exact) mass is 439 g/mol. The van der Waals surface area contributed by atoms with E-state index in [1.54, 1.807) is 0 Å². The van der Waals surface area contributed by atoms with Crippen LogP contribution in [-0.2, 0) is 6.54 Å². The number of nitrogens with zero attached hydrogens (tertiary/aromatic N) is 4. The number of hydrogen-bond donors (Lipinski definition) is 1. The SMILES string of the molecule is Cc1ccn(-c2ccccc2CN=C(N)N2CCCC(C)C2)n1.I. The highest BCUT2D eigenvalue weighted by atomic mass is 127. The van der Waals surface area contributed by atoms with Crippen LogP contribution in [0.3, 0.4) is 0 Å². The quantitative estimate of drug-likeness (QED) is 0.454. The molecule has 1 aliphatic heterocycles. The van der Waals surface area contributed by atoms with E-state index in [9.17, 15) is 0 Å². The fourth-order valence-electron chi connectivity index (χ4n) is 3.08. The van der Waals surface area contributed by atoms with E-state index in [4.69, 9.17) is 5.73 Å². The van der Waals surface area contributed by atoms with Crippen LogP contribution in [-0.4, -0.2) is 33.7 Å². The maximum atomic E-state index is 6.20. The zero-order valence-corrected chi connectivity index (χ0v) is 16.7. The Morgan fingerprint density at radius 2 is 2.12 bits per heavy atom. The average molecular weight is 439 g/mol. The molecule has 1 atom stereocenters. The molecule has 1 aromatic heterocycles. The Morgan fingerprint density at radius 3 is 2.83 bits per heavy atom. The van der Waals surface area contributed by atoms with Crippen LogP contribution in [0.4, 0.5) is 0 Å². The fourth-order valence-corrected chi connectivity index (χ4v) is 3.08. The minimum atomic E-state index is 0. The topological polar surface area (TPSA) is 59.4 Å². The lowest BCUT2D eigenvalue weighted by molar-refractivity contribution is 0.270. The normalized spacial score (nSPS) is 18.3. The number of aliphatic imine (C=N–C) groups is 1. The van der Waals surface area contributed by atoms with Crippen LogP contribution in [0.25, 0.3) is 5.69 Å². The zero-order chi connectivity index (χ0) is 16.2. The van der Waals surface area contributed by atoms with Crippen LogP contribution in [0.15, 0.2) is 41.5 Å². The Hall–Kier alpha value is -1.57. The van der Waals surface area contributed by atoms with Crippen molar-refractivity contribution in [2.24, 2.45) is 16.6 Å². The minimum Gasteiger partial charge on any atom is -0.370 e. The molecule has 0 spiro atoms. The van der Waals surface area contributed by atoms with Gasteiger partial charge < -0.3 is 10.6 Å². The predicted octanol–water partition coefficient (Wildman–Crippen LogP) is 3.35. The van der Waals surface area contributed by atoms with Crippen LogP contribution in [0.5, 0.6) is 0 Å². The molecule has 1 aromatic carbocycles. The summed E-state index contributed by atoms with van der Waals surface area (Å²) in [4.78, 5) is 6.83. The van der Waals surface area contributed by atoms with Gasteiger partial charge in [0.25, 0.3) is 0 Å². The van der Waals surface area contributed by atoms with Gasteiger partial charge in [0.2, 0.25) is 0 Å². The Morgan fingerprint density at radius 1 is 1.33 bits per heavy atom. The third kappa shape index (κ3) is 4.49. The van der Waals surface area contributed by atoms with Crippen LogP contribution in [0.2, 0.25) is 0 Å². The molecule has 1 fully saturated rings. The first-order valence-electron chi connectivity index (χ1n) is 8.29. The van der Waals surface area contributed by atoms with Crippen molar-refractivity contribution in [3.63, 3.8) is 0 Å². The van der Waals surface area contributed by atoms with Crippen molar-refractivity contribution in [2.45, 2.75) is 33.2 Å². The maximum absolute atomic E-state index is 6.20. The van der Waals surface area contributed by atoms with Crippen LogP contribution in [0, 0.1) is 12.8 Å². The Labute approximate surface area is 161 Å². The summed E-state index contributed by atoms with van der Waals surface area (Å²) in [5.74, 6) is 1.35. The molecule has 2 heterocycles. The smallest absolute Gasteiger partial charge is 0.191 e. The van der Waals surface area contributed by atoms with Gasteiger partial charge in [-0.25, -0.2) is 9.67 Å². The van der Waals surface area contributed by atoms with Gasteiger partial charge in [-0.05, 0) is 43.4 Å². The van der Waals surface area contributed by atoms with Gasteiger partial charge in [-0.3, -0.25) is 0 Å². The molecule has 0 bridgehead atoms. The molecule has 130 valence electrons. The number of piperidine rings is 1. The highest BCUT2D eigenvalue weighted by molar-refractivity contribution is 14.0. The number of halogens is 1. The molecule has 0 amide bonds. The highest BCUT2D eigenvalue weighted by Gasteiger charge is 2.17. The molecule has 3 rings (SSSR count). The van der Waals surface area contributed by atoms with E-state index < -0.39 is 0 Å². The first-order valence-corrected chi connectivity index (χ1v) is 8.29. The lowest BCUT2D eigenvalue weighted by Crippen LogP contribution is -2.43. The molecule has 24 heavy (non-hydrogen) atoms. The summed E-state index contributed by atoms with van der Waals surface area (Å²) >= 11 is 0. The summed E-state index contributed by atoms with van der Waals surface area (Å²) in [5.41, 5.74) is 9.40. The third-order valence-corrected chi connectivity index (χ3v) is 4.35. The van der Waals surface area contributed by atoms with E-state index in [0.29, 0.717) is 18.4 Å². The molecule has 1 saturated heterocycles. The molecule has 2 N–H and O–H groups in total. The van der Waals surface area contributed by atoms with Crippen molar-refractivity contribution in [3.05, 3.63) is 47.8 Å². The van der Waals surface area contributed by atoms with Gasteiger partial charge in [0.05, 0.1) is 17.9 Å². The molecule has 5 nitrogen and oxygen atoms in total. The molecule has 1 unspecified atom stereocenters. The van der Waals surface area contributed by atoms with Gasteiger partial charge in [-0.15, -0.1) is 24.0 Å². The van der Waals surface area contributed by atoms with Crippen molar-refractivity contribution >= 4 is 29.9 Å². The number of aromatic nitrogens is 2. The molecule has 0 radical (unpaired) electrons. The number of para-hydroxylation sites is 1.